The van der Waals surface area contributed by atoms with Crippen molar-refractivity contribution in [2.45, 2.75) is 25.2 Å². The molecule has 1 aromatic carbocycles. The van der Waals surface area contributed by atoms with Crippen LogP contribution in [0.2, 0.25) is 10.0 Å². The molecule has 152 valence electrons. The molecule has 1 saturated heterocycles. The predicted molar refractivity (Wildman–Crippen MR) is 110 cm³/mol. The van der Waals surface area contributed by atoms with Crippen molar-refractivity contribution in [3.8, 4) is 0 Å². The standard InChI is InChI=1S/C16H18Cl2N4O4S2/c17-11-2-1-9(3-12(11)18)4-20-15(24)22-16-21-10(6-27-16)5-19-13-7-28(25,26)8-14(13)23/h1-3,6,13-14,19,23H,4-5,7-8H2,(H2,20,21,22,24). The van der Waals surface area contributed by atoms with Crippen molar-refractivity contribution in [3.05, 3.63) is 44.9 Å². The minimum atomic E-state index is -3.21. The lowest BCUT2D eigenvalue weighted by molar-refractivity contribution is 0.165. The van der Waals surface area contributed by atoms with Crippen molar-refractivity contribution in [1.82, 2.24) is 15.6 Å². The maximum absolute atomic E-state index is 12.0. The SMILES string of the molecule is O=C(NCc1ccc(Cl)c(Cl)c1)Nc1nc(CNC2CS(=O)(=O)CC2O)cs1. The van der Waals surface area contributed by atoms with Gasteiger partial charge in [0.25, 0.3) is 0 Å². The minimum absolute atomic E-state index is 0.0967. The van der Waals surface area contributed by atoms with Crippen LogP contribution in [0.4, 0.5) is 9.93 Å². The Morgan fingerprint density at radius 1 is 1.25 bits per heavy atom. The molecular weight excluding hydrogens is 447 g/mol. The van der Waals surface area contributed by atoms with Crippen molar-refractivity contribution in [1.29, 1.82) is 0 Å². The zero-order valence-electron chi connectivity index (χ0n) is 14.5. The first-order valence-electron chi connectivity index (χ1n) is 8.27. The number of carbonyl (C=O) groups is 1. The van der Waals surface area contributed by atoms with Gasteiger partial charge in [0.2, 0.25) is 0 Å². The molecule has 2 amide bonds. The number of aliphatic hydroxyl groups excluding tert-OH is 1. The molecule has 28 heavy (non-hydrogen) atoms. The Labute approximate surface area is 176 Å². The number of aliphatic hydroxyl groups is 1. The summed E-state index contributed by atoms with van der Waals surface area (Å²) in [4.78, 5) is 16.3. The summed E-state index contributed by atoms with van der Waals surface area (Å²) in [7, 11) is -3.21. The number of sulfone groups is 1. The highest BCUT2D eigenvalue weighted by Crippen LogP contribution is 2.22. The van der Waals surface area contributed by atoms with E-state index in [1.807, 2.05) is 0 Å². The number of rotatable bonds is 6. The fourth-order valence-corrected chi connectivity index (χ4v) is 5.48. The Morgan fingerprint density at radius 2 is 2.04 bits per heavy atom. The van der Waals surface area contributed by atoms with E-state index in [1.165, 1.54) is 11.3 Å². The number of hydrogen-bond acceptors (Lipinski definition) is 7. The molecule has 1 aliphatic heterocycles. The number of aromatic nitrogens is 1. The molecular formula is C16H18Cl2N4O4S2. The van der Waals surface area contributed by atoms with Gasteiger partial charge in [0.05, 0.1) is 33.3 Å². The third-order valence-corrected chi connectivity index (χ3v) is 7.34. The van der Waals surface area contributed by atoms with Gasteiger partial charge in [0.1, 0.15) is 0 Å². The fraction of sp³-hybridized carbons (Fsp3) is 0.375. The number of urea groups is 1. The summed E-state index contributed by atoms with van der Waals surface area (Å²) in [6.45, 7) is 0.566. The van der Waals surface area contributed by atoms with Gasteiger partial charge in [-0.05, 0) is 17.7 Å². The summed E-state index contributed by atoms with van der Waals surface area (Å²) in [5.41, 5.74) is 1.44. The molecule has 0 bridgehead atoms. The van der Waals surface area contributed by atoms with Crippen molar-refractivity contribution in [3.63, 3.8) is 0 Å². The van der Waals surface area contributed by atoms with Gasteiger partial charge in [-0.25, -0.2) is 18.2 Å². The summed E-state index contributed by atoms with van der Waals surface area (Å²) >= 11 is 13.0. The van der Waals surface area contributed by atoms with Crippen molar-refractivity contribution in [2.75, 3.05) is 16.8 Å². The first-order chi connectivity index (χ1) is 13.2. The van der Waals surface area contributed by atoms with Gasteiger partial charge in [-0.2, -0.15) is 0 Å². The molecule has 0 aliphatic carbocycles. The number of amides is 2. The number of nitrogens with one attached hydrogen (secondary N) is 3. The Balaban J connectivity index is 1.46. The van der Waals surface area contributed by atoms with Crippen LogP contribution >= 0.6 is 34.5 Å². The maximum atomic E-state index is 12.0. The van der Waals surface area contributed by atoms with Crippen LogP contribution in [0.5, 0.6) is 0 Å². The summed E-state index contributed by atoms with van der Waals surface area (Å²) in [6, 6.07) is 4.16. The van der Waals surface area contributed by atoms with Crippen LogP contribution in [0.15, 0.2) is 23.6 Å². The molecule has 2 heterocycles. The highest BCUT2D eigenvalue weighted by atomic mass is 35.5. The third-order valence-electron chi connectivity index (χ3n) is 4.08. The van der Waals surface area contributed by atoms with Gasteiger partial charge in [0, 0.05) is 24.5 Å². The normalized spacial score (nSPS) is 20.8. The number of nitrogens with zero attached hydrogens (tertiary/aromatic N) is 1. The second kappa shape index (κ2) is 8.93. The van der Waals surface area contributed by atoms with E-state index >= 15 is 0 Å². The second-order valence-corrected chi connectivity index (χ2v) is 10.2. The van der Waals surface area contributed by atoms with Gasteiger partial charge < -0.3 is 15.7 Å². The molecule has 0 spiro atoms. The summed E-state index contributed by atoms with van der Waals surface area (Å²) in [6.07, 6.45) is -0.923. The van der Waals surface area contributed by atoms with E-state index in [-0.39, 0.29) is 18.1 Å². The highest BCUT2D eigenvalue weighted by molar-refractivity contribution is 7.91. The average Bonchev–Trinajstić information content (AvgIpc) is 3.16. The van der Waals surface area contributed by atoms with E-state index in [9.17, 15) is 18.3 Å². The van der Waals surface area contributed by atoms with Gasteiger partial charge >= 0.3 is 6.03 Å². The molecule has 3 rings (SSSR count). The van der Waals surface area contributed by atoms with Gasteiger partial charge in [-0.3, -0.25) is 5.32 Å². The summed E-state index contributed by atoms with van der Waals surface area (Å²) < 4.78 is 23.0. The van der Waals surface area contributed by atoms with Crippen LogP contribution in [0.3, 0.4) is 0 Å². The number of carbonyl (C=O) groups excluding carboxylic acids is 1. The molecule has 1 aromatic heterocycles. The lowest BCUT2D eigenvalue weighted by atomic mass is 10.2. The monoisotopic (exact) mass is 464 g/mol. The van der Waals surface area contributed by atoms with Gasteiger partial charge in [0.15, 0.2) is 15.0 Å². The Morgan fingerprint density at radius 3 is 2.71 bits per heavy atom. The van der Waals surface area contributed by atoms with Gasteiger partial charge in [-0.1, -0.05) is 29.3 Å². The lowest BCUT2D eigenvalue weighted by Crippen LogP contribution is -2.38. The van der Waals surface area contributed by atoms with Crippen LogP contribution in [0.25, 0.3) is 0 Å². The van der Waals surface area contributed by atoms with E-state index in [1.54, 1.807) is 23.6 Å². The molecule has 2 aromatic rings. The van der Waals surface area contributed by atoms with E-state index in [0.717, 1.165) is 5.56 Å². The number of halogens is 2. The molecule has 12 heteroatoms. The van der Waals surface area contributed by atoms with Crippen molar-refractivity contribution < 1.29 is 18.3 Å². The van der Waals surface area contributed by atoms with E-state index in [0.29, 0.717) is 27.4 Å². The zero-order valence-corrected chi connectivity index (χ0v) is 17.6. The van der Waals surface area contributed by atoms with Crippen LogP contribution < -0.4 is 16.0 Å². The number of thiazole rings is 1. The predicted octanol–water partition coefficient (Wildman–Crippen LogP) is 2.02. The first-order valence-corrected chi connectivity index (χ1v) is 11.7. The Hall–Kier alpha value is -1.43. The van der Waals surface area contributed by atoms with Crippen molar-refractivity contribution >= 4 is 55.5 Å². The topological polar surface area (TPSA) is 120 Å². The van der Waals surface area contributed by atoms with Crippen LogP contribution in [-0.4, -0.2) is 48.2 Å². The van der Waals surface area contributed by atoms with Crippen LogP contribution in [-0.2, 0) is 22.9 Å². The molecule has 1 fully saturated rings. The first kappa shape index (κ1) is 21.3. The third kappa shape index (κ3) is 5.79. The van der Waals surface area contributed by atoms with Gasteiger partial charge in [-0.15, -0.1) is 11.3 Å². The lowest BCUT2D eigenvalue weighted by Gasteiger charge is -2.13. The molecule has 8 nitrogen and oxygen atoms in total. The number of hydrogen-bond donors (Lipinski definition) is 4. The Bertz CT molecular complexity index is 967. The fourth-order valence-electron chi connectivity index (χ4n) is 2.68. The largest absolute Gasteiger partial charge is 0.390 e. The molecule has 2 unspecified atom stereocenters. The van der Waals surface area contributed by atoms with Crippen LogP contribution in [0.1, 0.15) is 11.3 Å². The molecule has 2 atom stereocenters. The number of benzene rings is 1. The summed E-state index contributed by atoms with van der Waals surface area (Å²) in [5.74, 6) is -0.325. The number of anilines is 1. The highest BCUT2D eigenvalue weighted by Gasteiger charge is 2.36. The quantitative estimate of drug-likeness (QED) is 0.518. The zero-order chi connectivity index (χ0) is 20.3. The summed E-state index contributed by atoms with van der Waals surface area (Å²) in [5, 5.41) is 21.1. The van der Waals surface area contributed by atoms with Crippen LogP contribution in [0, 0.1) is 0 Å². The van der Waals surface area contributed by atoms with Crippen molar-refractivity contribution in [2.24, 2.45) is 0 Å². The van der Waals surface area contributed by atoms with E-state index in [4.69, 9.17) is 23.2 Å². The maximum Gasteiger partial charge on any atom is 0.321 e. The molecule has 0 saturated carbocycles. The average molecular weight is 465 g/mol. The van der Waals surface area contributed by atoms with E-state index in [2.05, 4.69) is 20.9 Å². The smallest absolute Gasteiger partial charge is 0.321 e. The molecule has 1 aliphatic rings. The van der Waals surface area contributed by atoms with E-state index < -0.39 is 28.0 Å². The molecule has 4 N–H and O–H groups in total. The Kier molecular flexibility index (Phi) is 6.79. The second-order valence-electron chi connectivity index (χ2n) is 6.33. The minimum Gasteiger partial charge on any atom is -0.390 e. The molecule has 0 radical (unpaired) electrons.